The molecule has 0 aliphatic carbocycles. The minimum atomic E-state index is -0.446. The van der Waals surface area contributed by atoms with E-state index in [1.807, 2.05) is 0 Å². The summed E-state index contributed by atoms with van der Waals surface area (Å²) in [5.74, 6) is -0.775. The van der Waals surface area contributed by atoms with Crippen LogP contribution in [0.4, 0.5) is 15.8 Å². The van der Waals surface area contributed by atoms with Gasteiger partial charge in [-0.05, 0) is 46.3 Å². The predicted octanol–water partition coefficient (Wildman–Crippen LogP) is 3.45. The first-order chi connectivity index (χ1) is 9.00. The zero-order valence-electron chi connectivity index (χ0n) is 10.2. The minimum absolute atomic E-state index is 0.224. The fraction of sp³-hybridized carbons (Fsp3) is 0.0714. The third-order valence-electron chi connectivity index (χ3n) is 2.74. The molecule has 0 radical (unpaired) electrons. The molecule has 0 aliphatic heterocycles. The summed E-state index contributed by atoms with van der Waals surface area (Å²) in [4.78, 5) is 13.6. The zero-order valence-corrected chi connectivity index (χ0v) is 11.8. The van der Waals surface area contributed by atoms with Gasteiger partial charge in [0.2, 0.25) is 0 Å². The van der Waals surface area contributed by atoms with Crippen LogP contribution in [0, 0.1) is 5.82 Å². The molecule has 3 nitrogen and oxygen atoms in total. The summed E-state index contributed by atoms with van der Waals surface area (Å²) in [6.45, 7) is 0. The molecule has 0 aliphatic rings. The Morgan fingerprint density at radius 1 is 1.26 bits per heavy atom. The van der Waals surface area contributed by atoms with Crippen molar-refractivity contribution in [1.82, 2.24) is 0 Å². The van der Waals surface area contributed by atoms with Crippen molar-refractivity contribution < 1.29 is 9.18 Å². The second-order valence-electron chi connectivity index (χ2n) is 4.05. The molecule has 0 spiro atoms. The number of benzene rings is 2. The molecule has 2 N–H and O–H groups in total. The van der Waals surface area contributed by atoms with Crippen LogP contribution in [-0.2, 0) is 0 Å². The second-order valence-corrected chi connectivity index (χ2v) is 4.91. The Bertz CT molecular complexity index is 631. The molecular formula is C14H12BrFN2O. The topological polar surface area (TPSA) is 46.3 Å². The number of carbonyl (C=O) groups is 1. The Balaban J connectivity index is 2.39. The number of anilines is 2. The number of rotatable bonds is 2. The molecule has 0 aromatic heterocycles. The van der Waals surface area contributed by atoms with Gasteiger partial charge >= 0.3 is 0 Å². The van der Waals surface area contributed by atoms with E-state index in [4.69, 9.17) is 5.73 Å². The molecule has 0 heterocycles. The monoisotopic (exact) mass is 322 g/mol. The summed E-state index contributed by atoms with van der Waals surface area (Å²) >= 11 is 3.29. The molecule has 0 bridgehead atoms. The van der Waals surface area contributed by atoms with Crippen molar-refractivity contribution in [3.8, 4) is 0 Å². The van der Waals surface area contributed by atoms with Gasteiger partial charge in [-0.15, -0.1) is 0 Å². The highest BCUT2D eigenvalue weighted by Gasteiger charge is 2.18. The van der Waals surface area contributed by atoms with E-state index in [1.165, 1.54) is 18.0 Å². The number of hydrogen-bond acceptors (Lipinski definition) is 2. The van der Waals surface area contributed by atoms with Crippen LogP contribution >= 0.6 is 15.9 Å². The van der Waals surface area contributed by atoms with E-state index >= 15 is 0 Å². The van der Waals surface area contributed by atoms with Crippen molar-refractivity contribution in [3.05, 3.63) is 58.3 Å². The van der Waals surface area contributed by atoms with Crippen LogP contribution in [0.1, 0.15) is 10.4 Å². The smallest absolute Gasteiger partial charge is 0.259 e. The van der Waals surface area contributed by atoms with E-state index < -0.39 is 5.82 Å². The molecule has 98 valence electrons. The number of nitrogens with zero attached hydrogens (tertiary/aromatic N) is 1. The van der Waals surface area contributed by atoms with Gasteiger partial charge < -0.3 is 10.6 Å². The molecule has 0 fully saturated rings. The number of carbonyl (C=O) groups excluding carboxylic acids is 1. The lowest BCUT2D eigenvalue weighted by Crippen LogP contribution is -2.27. The summed E-state index contributed by atoms with van der Waals surface area (Å²) in [5.41, 5.74) is 6.77. The van der Waals surface area contributed by atoms with Gasteiger partial charge in [-0.3, -0.25) is 4.79 Å². The number of amides is 1. The fourth-order valence-electron chi connectivity index (χ4n) is 1.72. The maximum Gasteiger partial charge on any atom is 0.259 e. The van der Waals surface area contributed by atoms with Crippen LogP contribution in [0.2, 0.25) is 0 Å². The van der Waals surface area contributed by atoms with Crippen LogP contribution in [0.15, 0.2) is 46.9 Å². The third-order valence-corrected chi connectivity index (χ3v) is 3.43. The average Bonchev–Trinajstić information content (AvgIpc) is 2.40. The van der Waals surface area contributed by atoms with E-state index in [-0.39, 0.29) is 11.6 Å². The van der Waals surface area contributed by atoms with Gasteiger partial charge in [-0.1, -0.05) is 12.1 Å². The Hall–Kier alpha value is -1.88. The maximum atomic E-state index is 13.7. The summed E-state index contributed by atoms with van der Waals surface area (Å²) in [6, 6.07) is 11.1. The van der Waals surface area contributed by atoms with E-state index in [9.17, 15) is 9.18 Å². The lowest BCUT2D eigenvalue weighted by Gasteiger charge is -2.18. The number of nitrogens with two attached hydrogens (primary N) is 1. The molecule has 0 atom stereocenters. The number of para-hydroxylation sites is 1. The molecule has 0 saturated heterocycles. The number of hydrogen-bond donors (Lipinski definition) is 1. The molecular weight excluding hydrogens is 311 g/mol. The van der Waals surface area contributed by atoms with Crippen molar-refractivity contribution >= 4 is 33.2 Å². The van der Waals surface area contributed by atoms with E-state index in [1.54, 1.807) is 36.4 Å². The highest BCUT2D eigenvalue weighted by atomic mass is 79.9. The largest absolute Gasteiger partial charge is 0.399 e. The van der Waals surface area contributed by atoms with Crippen LogP contribution < -0.4 is 10.6 Å². The summed E-state index contributed by atoms with van der Waals surface area (Å²) in [7, 11) is 1.52. The molecule has 0 unspecified atom stereocenters. The Morgan fingerprint density at radius 3 is 2.63 bits per heavy atom. The second kappa shape index (κ2) is 5.40. The van der Waals surface area contributed by atoms with E-state index in [0.29, 0.717) is 15.7 Å². The van der Waals surface area contributed by atoms with Crippen LogP contribution in [0.5, 0.6) is 0 Å². The van der Waals surface area contributed by atoms with Crippen molar-refractivity contribution in [2.24, 2.45) is 0 Å². The van der Waals surface area contributed by atoms with Gasteiger partial charge in [-0.25, -0.2) is 4.39 Å². The SMILES string of the molecule is CN(C(=O)c1cc(N)ccc1Br)c1ccccc1F. The van der Waals surface area contributed by atoms with Crippen molar-refractivity contribution in [2.45, 2.75) is 0 Å². The number of nitrogen functional groups attached to an aromatic ring is 1. The summed E-state index contributed by atoms with van der Waals surface area (Å²) in [6.07, 6.45) is 0. The molecule has 19 heavy (non-hydrogen) atoms. The standard InChI is InChI=1S/C14H12BrFN2O/c1-18(13-5-3-2-4-12(13)16)14(19)10-8-9(17)6-7-11(10)15/h2-8H,17H2,1H3. The van der Waals surface area contributed by atoms with Gasteiger partial charge in [0.05, 0.1) is 11.3 Å². The van der Waals surface area contributed by atoms with Crippen LogP contribution in [-0.4, -0.2) is 13.0 Å². The molecule has 2 rings (SSSR count). The Morgan fingerprint density at radius 2 is 1.95 bits per heavy atom. The number of halogens is 2. The maximum absolute atomic E-state index is 13.7. The first kappa shape index (κ1) is 13.5. The molecule has 2 aromatic rings. The van der Waals surface area contributed by atoms with Gasteiger partial charge in [0.1, 0.15) is 5.82 Å². The van der Waals surface area contributed by atoms with E-state index in [0.717, 1.165) is 0 Å². The predicted molar refractivity (Wildman–Crippen MR) is 77.7 cm³/mol. The minimum Gasteiger partial charge on any atom is -0.399 e. The first-order valence-corrected chi connectivity index (χ1v) is 6.37. The zero-order chi connectivity index (χ0) is 14.0. The van der Waals surface area contributed by atoms with Gasteiger partial charge in [0.25, 0.3) is 5.91 Å². The Kier molecular flexibility index (Phi) is 3.85. The molecule has 1 amide bonds. The highest BCUT2D eigenvalue weighted by Crippen LogP contribution is 2.24. The van der Waals surface area contributed by atoms with Gasteiger partial charge in [0.15, 0.2) is 0 Å². The van der Waals surface area contributed by atoms with Crippen molar-refractivity contribution in [1.29, 1.82) is 0 Å². The lowest BCUT2D eigenvalue weighted by atomic mass is 10.1. The molecule has 2 aromatic carbocycles. The third kappa shape index (κ3) is 2.76. The Labute approximate surface area is 119 Å². The van der Waals surface area contributed by atoms with Gasteiger partial charge in [0, 0.05) is 17.2 Å². The molecule has 0 saturated carbocycles. The first-order valence-electron chi connectivity index (χ1n) is 5.58. The van der Waals surface area contributed by atoms with Crippen LogP contribution in [0.25, 0.3) is 0 Å². The summed E-state index contributed by atoms with van der Waals surface area (Å²) < 4.78 is 14.3. The normalized spacial score (nSPS) is 10.3. The van der Waals surface area contributed by atoms with E-state index in [2.05, 4.69) is 15.9 Å². The fourth-order valence-corrected chi connectivity index (χ4v) is 2.14. The average molecular weight is 323 g/mol. The van der Waals surface area contributed by atoms with Gasteiger partial charge in [-0.2, -0.15) is 0 Å². The quantitative estimate of drug-likeness (QED) is 0.861. The van der Waals surface area contributed by atoms with Crippen molar-refractivity contribution in [2.75, 3.05) is 17.7 Å². The highest BCUT2D eigenvalue weighted by molar-refractivity contribution is 9.10. The lowest BCUT2D eigenvalue weighted by molar-refractivity contribution is 0.0991. The summed E-state index contributed by atoms with van der Waals surface area (Å²) in [5, 5.41) is 0. The molecule has 5 heteroatoms. The van der Waals surface area contributed by atoms with Crippen LogP contribution in [0.3, 0.4) is 0 Å². The van der Waals surface area contributed by atoms with Crippen molar-refractivity contribution in [3.63, 3.8) is 0 Å².